The van der Waals surface area contributed by atoms with E-state index in [9.17, 15) is 40.0 Å². The van der Waals surface area contributed by atoms with E-state index in [1.165, 1.54) is 52.5 Å². The standard InChI is InChI=1S/C24H28ClN2O.2C9H6N4O4S.Co/c1-4-24(2)21-17-19(25)8-11-22(21)26(3)23(24)12-7-18-5-9-20(10-6-18)27-13-15-28-16-14-27;2*14-5-1-2-6(7(15)3-5)11-12-9-10-4-8(18-9)13(16)17;/h5-12,17H,4,13-16H2,1-3H3;2*1-4H,(H2,10,12,14,15);/q+1;;;/p-2. The number of nitrogens with zero attached hydrogens (tertiary/aromatic N) is 10. The summed E-state index contributed by atoms with van der Waals surface area (Å²) >= 11 is 7.81. The predicted octanol–water partition coefficient (Wildman–Crippen LogP) is 6.19. The van der Waals surface area contributed by atoms with Crippen molar-refractivity contribution in [2.45, 2.75) is 25.7 Å². The minimum absolute atomic E-state index is 0. The zero-order valence-corrected chi connectivity index (χ0v) is 38.0. The Morgan fingerprint density at radius 2 is 1.37 bits per heavy atom. The fraction of sp³-hybridized carbons (Fsp3) is 0.214. The Hall–Kier alpha value is -6.69. The summed E-state index contributed by atoms with van der Waals surface area (Å²) in [5.41, 5.74) is 6.50. The molecular formula is C42H38ClCoN10O9S2-. The number of benzene rings is 2. The third-order valence-corrected chi connectivity index (χ3v) is 11.9. The summed E-state index contributed by atoms with van der Waals surface area (Å²) in [7, 11) is 2.15. The topological polar surface area (TPSA) is 254 Å². The summed E-state index contributed by atoms with van der Waals surface area (Å²) in [6.07, 6.45) is 14.7. The van der Waals surface area contributed by atoms with Gasteiger partial charge in [-0.05, 0) is 73.6 Å². The van der Waals surface area contributed by atoms with Gasteiger partial charge < -0.3 is 40.0 Å². The monoisotopic (exact) mass is 984 g/mol. The SMILES string of the molecule is CCC1(C)C(/C=C/c2ccc(N3CCOCC3)cc2)=[N+](C)c2ccc(Cl)cc21.O=C1C=CC(=NN=c2[n-]cc([N+](=O)[O-])s2)C(O)=C1.O=C1C=CC(=NN=c2[n-]cc([N+](=O)[O-])s2)C(O)=C1.[Co]. The van der Waals surface area contributed by atoms with Crippen molar-refractivity contribution in [3.8, 4) is 0 Å². The zero-order chi connectivity index (χ0) is 46.0. The maximum absolute atomic E-state index is 10.9. The number of aliphatic hydroxyl groups is 2. The summed E-state index contributed by atoms with van der Waals surface area (Å²) < 4.78 is 7.75. The molecule has 1 unspecified atom stereocenters. The molecule has 0 saturated carbocycles. The summed E-state index contributed by atoms with van der Waals surface area (Å²) in [5.74, 6) is -1.32. The molecule has 8 rings (SSSR count). The molecule has 1 fully saturated rings. The second-order valence-electron chi connectivity index (χ2n) is 14.0. The molecule has 23 heteroatoms. The number of hydrogen-bond donors (Lipinski definition) is 2. The Balaban J connectivity index is 0.000000189. The van der Waals surface area contributed by atoms with E-state index in [0.717, 1.165) is 85.0 Å². The number of halogens is 1. The molecule has 4 heterocycles. The Morgan fingerprint density at radius 3 is 1.83 bits per heavy atom. The van der Waals surface area contributed by atoms with Crippen molar-refractivity contribution in [3.05, 3.63) is 155 Å². The van der Waals surface area contributed by atoms with E-state index in [1.807, 2.05) is 6.07 Å². The van der Waals surface area contributed by atoms with Crippen LogP contribution < -0.4 is 24.5 Å². The van der Waals surface area contributed by atoms with Crippen LogP contribution in [0.15, 0.2) is 129 Å². The van der Waals surface area contributed by atoms with Gasteiger partial charge in [0, 0.05) is 92.4 Å². The first kappa shape index (κ1) is 49.3. The maximum atomic E-state index is 10.9. The molecule has 0 spiro atoms. The Labute approximate surface area is 393 Å². The number of anilines is 1. The van der Waals surface area contributed by atoms with Gasteiger partial charge in [-0.15, -0.1) is 0 Å². The molecule has 2 aliphatic carbocycles. The largest absolute Gasteiger partial charge is 0.506 e. The number of fused-ring (bicyclic) bond motifs is 1. The molecule has 2 aromatic heterocycles. The van der Waals surface area contributed by atoms with E-state index in [2.05, 4.69) is 109 Å². The average molecular weight is 985 g/mol. The first-order valence-corrected chi connectivity index (χ1v) is 21.2. The number of carbonyl (C=O) groups excluding carboxylic acids is 2. The van der Waals surface area contributed by atoms with Crippen LogP contribution in [0, 0.1) is 20.2 Å². The van der Waals surface area contributed by atoms with E-state index in [1.54, 1.807) is 0 Å². The summed E-state index contributed by atoms with van der Waals surface area (Å²) in [6, 6.07) is 15.0. The third kappa shape index (κ3) is 12.5. The molecular weight excluding hydrogens is 947 g/mol. The van der Waals surface area contributed by atoms with Crippen molar-refractivity contribution in [1.29, 1.82) is 0 Å². The predicted molar refractivity (Wildman–Crippen MR) is 243 cm³/mol. The fourth-order valence-electron chi connectivity index (χ4n) is 6.48. The smallest absolute Gasteiger partial charge is 0.319 e. The summed E-state index contributed by atoms with van der Waals surface area (Å²) in [5, 5.41) is 54.7. The Morgan fingerprint density at radius 1 is 0.846 bits per heavy atom. The van der Waals surface area contributed by atoms with Crippen molar-refractivity contribution < 1.29 is 55.7 Å². The molecule has 1 saturated heterocycles. The Bertz CT molecular complexity index is 2760. The van der Waals surface area contributed by atoms with Crippen molar-refractivity contribution >= 4 is 90.4 Å². The van der Waals surface area contributed by atoms with Gasteiger partial charge in [0.1, 0.15) is 30.0 Å². The third-order valence-electron chi connectivity index (χ3n) is 9.95. The molecule has 1 atom stereocenters. The van der Waals surface area contributed by atoms with E-state index in [-0.39, 0.29) is 76.3 Å². The number of nitro groups is 2. The normalized spacial score (nSPS) is 19.7. The quantitative estimate of drug-likeness (QED) is 0.0868. The van der Waals surface area contributed by atoms with Gasteiger partial charge in [0.25, 0.3) is 0 Å². The van der Waals surface area contributed by atoms with Crippen LogP contribution in [0.5, 0.6) is 0 Å². The van der Waals surface area contributed by atoms with Gasteiger partial charge in [-0.1, -0.05) is 53.3 Å². The number of aromatic nitrogens is 2. The zero-order valence-electron chi connectivity index (χ0n) is 34.6. The van der Waals surface area contributed by atoms with Gasteiger partial charge in [-0.25, -0.2) is 0 Å². The average Bonchev–Trinajstić information content (AvgIpc) is 4.02. The van der Waals surface area contributed by atoms with Crippen LogP contribution in [0.25, 0.3) is 6.08 Å². The van der Waals surface area contributed by atoms with Crippen LogP contribution in [0.3, 0.4) is 0 Å². The molecule has 0 bridgehead atoms. The number of allylic oxidation sites excluding steroid dienone is 7. The second-order valence-corrected chi connectivity index (χ2v) is 16.4. The second kappa shape index (κ2) is 22.3. The summed E-state index contributed by atoms with van der Waals surface area (Å²) in [6.45, 7) is 8.11. The van der Waals surface area contributed by atoms with Gasteiger partial charge in [0.15, 0.2) is 17.3 Å². The summed E-state index contributed by atoms with van der Waals surface area (Å²) in [4.78, 5) is 51.3. The van der Waals surface area contributed by atoms with Gasteiger partial charge in [-0.3, -0.25) is 40.0 Å². The molecule has 2 N–H and O–H groups in total. The van der Waals surface area contributed by atoms with Crippen LogP contribution in [0.1, 0.15) is 31.4 Å². The van der Waals surface area contributed by atoms with E-state index in [0.29, 0.717) is 0 Å². The van der Waals surface area contributed by atoms with Gasteiger partial charge in [0.05, 0.1) is 28.5 Å². The molecule has 19 nitrogen and oxygen atoms in total. The van der Waals surface area contributed by atoms with Crippen molar-refractivity contribution in [1.82, 2.24) is 9.97 Å². The van der Waals surface area contributed by atoms with Crippen molar-refractivity contribution in [3.63, 3.8) is 0 Å². The van der Waals surface area contributed by atoms with Gasteiger partial charge in [-0.2, -0.15) is 4.58 Å². The molecule has 4 aliphatic rings. The number of ketones is 2. The van der Waals surface area contributed by atoms with E-state index in [4.69, 9.17) is 16.3 Å². The molecule has 2 aliphatic heterocycles. The molecule has 2 aromatic carbocycles. The fourth-order valence-corrected chi connectivity index (χ4v) is 7.76. The molecule has 0 amide bonds. The van der Waals surface area contributed by atoms with Crippen LogP contribution in [-0.4, -0.2) is 86.7 Å². The molecule has 65 heavy (non-hydrogen) atoms. The minimum Gasteiger partial charge on any atom is -0.506 e. The number of rotatable bonds is 8. The first-order valence-electron chi connectivity index (χ1n) is 19.2. The van der Waals surface area contributed by atoms with Crippen molar-refractivity contribution in [2.75, 3.05) is 38.3 Å². The van der Waals surface area contributed by atoms with E-state index < -0.39 is 9.85 Å². The number of carbonyl (C=O) groups is 2. The van der Waals surface area contributed by atoms with Gasteiger partial charge in [0.2, 0.25) is 5.69 Å². The number of thiazole rings is 2. The maximum Gasteiger partial charge on any atom is 0.319 e. The van der Waals surface area contributed by atoms with Gasteiger partial charge >= 0.3 is 10.0 Å². The first-order chi connectivity index (χ1) is 30.6. The van der Waals surface area contributed by atoms with Crippen LogP contribution in [0.4, 0.5) is 21.4 Å². The molecule has 339 valence electrons. The minimum atomic E-state index is -0.583. The van der Waals surface area contributed by atoms with Crippen molar-refractivity contribution in [2.24, 2.45) is 20.4 Å². The number of morpholine rings is 1. The number of ether oxygens (including phenoxy) is 1. The number of aliphatic hydroxyl groups excluding tert-OH is 2. The van der Waals surface area contributed by atoms with E-state index >= 15 is 0 Å². The molecule has 1 radical (unpaired) electrons. The van der Waals surface area contributed by atoms with Crippen LogP contribution in [0.2, 0.25) is 5.02 Å². The molecule has 4 aromatic rings. The van der Waals surface area contributed by atoms with Crippen LogP contribution >= 0.6 is 34.3 Å². The number of hydrogen-bond acceptors (Lipinski definition) is 16. The Kier molecular flexibility index (Phi) is 16.9. The van der Waals surface area contributed by atoms with Crippen LogP contribution in [-0.2, 0) is 36.5 Å².